The van der Waals surface area contributed by atoms with Crippen LogP contribution in [0.15, 0.2) is 24.3 Å². The van der Waals surface area contributed by atoms with Gasteiger partial charge in [-0.25, -0.2) is 0 Å². The summed E-state index contributed by atoms with van der Waals surface area (Å²) >= 11 is 0. The molecule has 2 aliphatic heterocycles. The van der Waals surface area contributed by atoms with Crippen LogP contribution in [0.2, 0.25) is 0 Å². The van der Waals surface area contributed by atoms with Crippen molar-refractivity contribution in [3.63, 3.8) is 0 Å². The molecule has 14 heteroatoms. The van der Waals surface area contributed by atoms with E-state index in [0.717, 1.165) is 46.7 Å². The van der Waals surface area contributed by atoms with Gasteiger partial charge in [-0.05, 0) is 38.1 Å². The van der Waals surface area contributed by atoms with Crippen molar-refractivity contribution in [2.45, 2.75) is 77.7 Å². The first-order valence-corrected chi connectivity index (χ1v) is 14.2. The zero-order chi connectivity index (χ0) is 31.4. The third kappa shape index (κ3) is 10.8. The van der Waals surface area contributed by atoms with Gasteiger partial charge in [0.05, 0.1) is 18.9 Å². The van der Waals surface area contributed by atoms with E-state index >= 15 is 0 Å². The van der Waals surface area contributed by atoms with Crippen molar-refractivity contribution in [2.24, 2.45) is 5.92 Å². The molecule has 0 aliphatic carbocycles. The van der Waals surface area contributed by atoms with Crippen LogP contribution in [0.25, 0.3) is 0 Å². The van der Waals surface area contributed by atoms with Crippen LogP contribution < -0.4 is 15.4 Å². The van der Waals surface area contributed by atoms with Gasteiger partial charge in [0, 0.05) is 40.0 Å². The lowest BCUT2D eigenvalue weighted by molar-refractivity contribution is -0.308. The summed E-state index contributed by atoms with van der Waals surface area (Å²) in [6.45, 7) is 6.15. The summed E-state index contributed by atoms with van der Waals surface area (Å²) in [5, 5.41) is 6.20. The Morgan fingerprint density at radius 2 is 1.47 bits per heavy atom. The fourth-order valence-electron chi connectivity index (χ4n) is 4.78. The van der Waals surface area contributed by atoms with Gasteiger partial charge in [-0.3, -0.25) is 24.0 Å². The lowest BCUT2D eigenvalue weighted by Crippen LogP contribution is -2.63. The molecule has 2 heterocycles. The second-order valence-corrected chi connectivity index (χ2v) is 10.2. The Morgan fingerprint density at radius 1 is 0.837 bits per heavy atom. The van der Waals surface area contributed by atoms with E-state index in [0.29, 0.717) is 17.9 Å². The quantitative estimate of drug-likeness (QED) is 0.187. The van der Waals surface area contributed by atoms with E-state index in [4.69, 9.17) is 33.2 Å². The summed E-state index contributed by atoms with van der Waals surface area (Å²) in [6.07, 6.45) is -4.34. The number of esters is 4. The zero-order valence-corrected chi connectivity index (χ0v) is 24.8. The standard InChI is InChI=1S/C29H40N2O12/c1-17(32)39-16-24-25(40-18(2)33)26(41-19(3)34)27(42-20(4)35)29(43-24)38-15-7-14-37-23-9-6-5-8-22(23)31-28(36)21-10-12-30-13-11-21/h5-6,8-9,21,24-27,29-30H,7,10-16H2,1-4H3,(H,31,36)/t24-,25-,26+,27-,29-/m1/s1. The maximum Gasteiger partial charge on any atom is 0.303 e. The lowest BCUT2D eigenvalue weighted by atomic mass is 9.97. The van der Waals surface area contributed by atoms with Gasteiger partial charge in [0.1, 0.15) is 18.5 Å². The molecular weight excluding hydrogens is 568 g/mol. The Hall–Kier alpha value is -3.75. The number of piperidine rings is 1. The minimum atomic E-state index is -1.31. The van der Waals surface area contributed by atoms with Crippen LogP contribution in [0.1, 0.15) is 47.0 Å². The van der Waals surface area contributed by atoms with Crippen LogP contribution in [-0.2, 0) is 52.4 Å². The Morgan fingerprint density at radius 3 is 2.12 bits per heavy atom. The third-order valence-corrected chi connectivity index (χ3v) is 6.63. The first kappa shape index (κ1) is 33.7. The maximum atomic E-state index is 12.7. The number of amides is 1. The number of carbonyl (C=O) groups excluding carboxylic acids is 5. The van der Waals surface area contributed by atoms with Gasteiger partial charge in [0.25, 0.3) is 0 Å². The zero-order valence-electron chi connectivity index (χ0n) is 24.8. The van der Waals surface area contributed by atoms with Crippen LogP contribution in [0.3, 0.4) is 0 Å². The average Bonchev–Trinajstić information content (AvgIpc) is 2.95. The summed E-state index contributed by atoms with van der Waals surface area (Å²) in [4.78, 5) is 60.0. The van der Waals surface area contributed by atoms with Crippen LogP contribution in [-0.4, -0.2) is 93.4 Å². The summed E-state index contributed by atoms with van der Waals surface area (Å²) in [5.74, 6) is -2.40. The van der Waals surface area contributed by atoms with Crippen molar-refractivity contribution >= 4 is 35.5 Å². The predicted octanol–water partition coefficient (Wildman–Crippen LogP) is 1.49. The molecule has 5 atom stereocenters. The van der Waals surface area contributed by atoms with Gasteiger partial charge in [0.2, 0.25) is 5.91 Å². The number of para-hydroxylation sites is 2. The molecule has 0 unspecified atom stereocenters. The van der Waals surface area contributed by atoms with Gasteiger partial charge in [-0.2, -0.15) is 0 Å². The SMILES string of the molecule is CC(=O)OC[C@H]1O[C@@H](OCCCOc2ccccc2NC(=O)C2CCNCC2)[C@H](OC(C)=O)[C@@H](OC(C)=O)[C@@H]1OC(C)=O. The summed E-state index contributed by atoms with van der Waals surface area (Å²) in [7, 11) is 0. The van der Waals surface area contributed by atoms with Gasteiger partial charge in [-0.15, -0.1) is 0 Å². The normalized spacial score (nSPS) is 23.9. The summed E-state index contributed by atoms with van der Waals surface area (Å²) < 4.78 is 38.9. The van der Waals surface area contributed by atoms with E-state index in [2.05, 4.69) is 10.6 Å². The van der Waals surface area contributed by atoms with Gasteiger partial charge in [-0.1, -0.05) is 12.1 Å². The number of ether oxygens (including phenoxy) is 7. The van der Waals surface area contributed by atoms with Crippen LogP contribution in [0.5, 0.6) is 5.75 Å². The lowest BCUT2D eigenvalue weighted by Gasteiger charge is -2.44. The molecule has 0 bridgehead atoms. The van der Waals surface area contributed by atoms with Crippen molar-refractivity contribution in [1.29, 1.82) is 0 Å². The molecule has 2 N–H and O–H groups in total. The van der Waals surface area contributed by atoms with Crippen molar-refractivity contribution in [3.05, 3.63) is 24.3 Å². The number of hydrogen-bond acceptors (Lipinski definition) is 13. The largest absolute Gasteiger partial charge is 0.491 e. The predicted molar refractivity (Wildman–Crippen MR) is 149 cm³/mol. The molecule has 1 aromatic carbocycles. The van der Waals surface area contributed by atoms with Crippen LogP contribution >= 0.6 is 0 Å². The van der Waals surface area contributed by atoms with Gasteiger partial charge >= 0.3 is 23.9 Å². The molecule has 43 heavy (non-hydrogen) atoms. The molecular formula is C29H40N2O12. The van der Waals surface area contributed by atoms with E-state index < -0.39 is 54.6 Å². The molecule has 1 amide bonds. The minimum Gasteiger partial charge on any atom is -0.491 e. The molecule has 2 fully saturated rings. The average molecular weight is 609 g/mol. The van der Waals surface area contributed by atoms with E-state index in [1.54, 1.807) is 24.3 Å². The molecule has 0 spiro atoms. The van der Waals surface area contributed by atoms with Crippen molar-refractivity contribution in [3.8, 4) is 5.75 Å². The highest BCUT2D eigenvalue weighted by Crippen LogP contribution is 2.30. The number of nitrogens with one attached hydrogen (secondary N) is 2. The maximum absolute atomic E-state index is 12.7. The first-order valence-electron chi connectivity index (χ1n) is 14.2. The summed E-state index contributed by atoms with van der Waals surface area (Å²) in [6, 6.07) is 7.11. The van der Waals surface area contributed by atoms with Crippen LogP contribution in [0.4, 0.5) is 5.69 Å². The van der Waals surface area contributed by atoms with Gasteiger partial charge in [0.15, 0.2) is 24.6 Å². The molecule has 238 valence electrons. The smallest absolute Gasteiger partial charge is 0.303 e. The molecule has 3 rings (SSSR count). The molecule has 0 aromatic heterocycles. The Kier molecular flexibility index (Phi) is 13.2. The van der Waals surface area contributed by atoms with Crippen molar-refractivity contribution < 1.29 is 57.1 Å². The third-order valence-electron chi connectivity index (χ3n) is 6.63. The number of carbonyl (C=O) groups is 5. The van der Waals surface area contributed by atoms with E-state index in [-0.39, 0.29) is 31.6 Å². The highest BCUT2D eigenvalue weighted by atomic mass is 16.7. The topological polar surface area (TPSA) is 174 Å². The number of rotatable bonds is 13. The van der Waals surface area contributed by atoms with Crippen molar-refractivity contribution in [2.75, 3.05) is 38.2 Å². The highest BCUT2D eigenvalue weighted by molar-refractivity contribution is 5.94. The van der Waals surface area contributed by atoms with Crippen LogP contribution in [0, 0.1) is 5.92 Å². The second kappa shape index (κ2) is 16.8. The molecule has 0 radical (unpaired) electrons. The Balaban J connectivity index is 1.64. The van der Waals surface area contributed by atoms with E-state index in [1.807, 2.05) is 0 Å². The minimum absolute atomic E-state index is 0.0514. The number of hydrogen-bond donors (Lipinski definition) is 2. The molecule has 2 saturated heterocycles. The monoisotopic (exact) mass is 608 g/mol. The number of benzene rings is 1. The van der Waals surface area contributed by atoms with Crippen molar-refractivity contribution in [1.82, 2.24) is 5.32 Å². The molecule has 0 saturated carbocycles. The highest BCUT2D eigenvalue weighted by Gasteiger charge is 2.52. The molecule has 2 aliphatic rings. The Labute approximate surface area is 250 Å². The van der Waals surface area contributed by atoms with E-state index in [9.17, 15) is 24.0 Å². The van der Waals surface area contributed by atoms with Gasteiger partial charge < -0.3 is 43.8 Å². The molecule has 1 aromatic rings. The molecule has 14 nitrogen and oxygen atoms in total. The fourth-order valence-corrected chi connectivity index (χ4v) is 4.78. The Bertz CT molecular complexity index is 1120. The first-order chi connectivity index (χ1) is 20.5. The second-order valence-electron chi connectivity index (χ2n) is 10.2. The summed E-state index contributed by atoms with van der Waals surface area (Å²) in [5.41, 5.74) is 0.562. The van der Waals surface area contributed by atoms with E-state index in [1.165, 1.54) is 6.92 Å². The number of anilines is 1. The fraction of sp³-hybridized carbons (Fsp3) is 0.621.